The van der Waals surface area contributed by atoms with Crippen molar-refractivity contribution in [3.63, 3.8) is 0 Å². The second-order valence-corrected chi connectivity index (χ2v) is 7.18. The Kier molecular flexibility index (Phi) is 5.53. The summed E-state index contributed by atoms with van der Waals surface area (Å²) in [6.07, 6.45) is 0. The first kappa shape index (κ1) is 17.9. The molecule has 7 nitrogen and oxygen atoms in total. The third-order valence-electron chi connectivity index (χ3n) is 3.06. The van der Waals surface area contributed by atoms with Crippen LogP contribution in [0, 0.1) is 10.1 Å². The van der Waals surface area contributed by atoms with E-state index in [-0.39, 0.29) is 33.7 Å². The van der Waals surface area contributed by atoms with E-state index in [2.05, 4.69) is 4.99 Å². The van der Waals surface area contributed by atoms with E-state index in [4.69, 9.17) is 17.3 Å². The Morgan fingerprint density at radius 1 is 1.21 bits per heavy atom. The fraction of sp³-hybridized carbons (Fsp3) is 0.133. The van der Waals surface area contributed by atoms with Crippen LogP contribution in [-0.4, -0.2) is 25.1 Å². The molecule has 2 rings (SSSR count). The summed E-state index contributed by atoms with van der Waals surface area (Å²) in [6.45, 7) is 0. The average molecular weight is 368 g/mol. The van der Waals surface area contributed by atoms with Crippen LogP contribution in [0.3, 0.4) is 0 Å². The van der Waals surface area contributed by atoms with E-state index in [0.717, 1.165) is 12.1 Å². The van der Waals surface area contributed by atoms with E-state index in [1.54, 1.807) is 30.3 Å². The highest BCUT2D eigenvalue weighted by atomic mass is 35.5. The van der Waals surface area contributed by atoms with Gasteiger partial charge in [0.15, 0.2) is 9.84 Å². The minimum atomic E-state index is -3.78. The number of hydrogen-bond donors (Lipinski definition) is 1. The van der Waals surface area contributed by atoms with Crippen LogP contribution in [0.25, 0.3) is 0 Å². The summed E-state index contributed by atoms with van der Waals surface area (Å²) < 4.78 is 25.1. The molecule has 0 atom stereocenters. The molecule has 126 valence electrons. The molecule has 0 saturated heterocycles. The minimum absolute atomic E-state index is 0.0311. The van der Waals surface area contributed by atoms with E-state index < -0.39 is 14.8 Å². The summed E-state index contributed by atoms with van der Waals surface area (Å²) in [5.41, 5.74) is 5.77. The Bertz CT molecular complexity index is 883. The zero-order valence-electron chi connectivity index (χ0n) is 12.4. The maximum Gasteiger partial charge on any atom is 0.272 e. The topological polar surface area (TPSA) is 116 Å². The summed E-state index contributed by atoms with van der Waals surface area (Å²) in [5, 5.41) is 11.1. The molecule has 0 radical (unpaired) electrons. The molecule has 2 aromatic carbocycles. The molecule has 0 aliphatic carbocycles. The van der Waals surface area contributed by atoms with Crippen molar-refractivity contribution in [3.05, 3.63) is 64.2 Å². The molecule has 9 heteroatoms. The highest BCUT2D eigenvalue weighted by molar-refractivity contribution is 7.90. The average Bonchev–Trinajstić information content (AvgIpc) is 2.55. The largest absolute Gasteiger partial charge is 0.386 e. The maximum atomic E-state index is 12.6. The molecule has 24 heavy (non-hydrogen) atoms. The Labute approximate surface area is 143 Å². The number of non-ortho nitro benzene ring substituents is 1. The Balaban J connectivity index is 2.50. The summed E-state index contributed by atoms with van der Waals surface area (Å²) in [5.74, 6) is -0.318. The first-order chi connectivity index (χ1) is 11.3. The fourth-order valence-electron chi connectivity index (χ4n) is 1.99. The van der Waals surface area contributed by atoms with Crippen LogP contribution >= 0.6 is 11.6 Å². The van der Waals surface area contributed by atoms with Gasteiger partial charge in [0.25, 0.3) is 5.69 Å². The van der Waals surface area contributed by atoms with Crippen LogP contribution in [-0.2, 0) is 15.6 Å². The lowest BCUT2D eigenvalue weighted by molar-refractivity contribution is -0.385. The van der Waals surface area contributed by atoms with Gasteiger partial charge < -0.3 is 5.73 Å². The number of rotatable bonds is 6. The smallest absolute Gasteiger partial charge is 0.272 e. The van der Waals surface area contributed by atoms with Crippen molar-refractivity contribution in [2.45, 2.75) is 10.6 Å². The lowest BCUT2D eigenvalue weighted by Crippen LogP contribution is -2.12. The highest BCUT2D eigenvalue weighted by Crippen LogP contribution is 2.28. The quantitative estimate of drug-likeness (QED) is 0.277. The zero-order valence-corrected chi connectivity index (χ0v) is 14.0. The van der Waals surface area contributed by atoms with E-state index in [0.29, 0.717) is 5.56 Å². The van der Waals surface area contributed by atoms with Crippen molar-refractivity contribution >= 4 is 38.6 Å². The second-order valence-electron chi connectivity index (χ2n) is 4.92. The van der Waals surface area contributed by atoms with Crippen LogP contribution in [0.15, 0.2) is 58.4 Å². The zero-order chi connectivity index (χ0) is 17.7. The van der Waals surface area contributed by atoms with Crippen molar-refractivity contribution in [2.24, 2.45) is 10.7 Å². The Hall–Kier alpha value is -2.45. The van der Waals surface area contributed by atoms with Crippen molar-refractivity contribution in [1.82, 2.24) is 0 Å². The van der Waals surface area contributed by atoms with Crippen molar-refractivity contribution < 1.29 is 13.3 Å². The predicted molar refractivity (Wildman–Crippen MR) is 92.4 cm³/mol. The maximum absolute atomic E-state index is 12.6. The van der Waals surface area contributed by atoms with E-state index in [1.807, 2.05) is 0 Å². The standard InChI is InChI=1S/C15H14ClN3O4S/c16-9-15(17)18-12-6-13(19(20)21)8-14(7-12)24(22,23)10-11-4-2-1-3-5-11/h1-8H,9-10H2,(H2,17,18). The molecular weight excluding hydrogens is 354 g/mol. The van der Waals surface area contributed by atoms with Crippen LogP contribution in [0.4, 0.5) is 11.4 Å². The number of nitro groups is 1. The molecule has 0 bridgehead atoms. The number of hydrogen-bond acceptors (Lipinski definition) is 5. The second kappa shape index (κ2) is 7.41. The first-order valence-electron chi connectivity index (χ1n) is 6.77. The van der Waals surface area contributed by atoms with Crippen molar-refractivity contribution in [1.29, 1.82) is 0 Å². The Morgan fingerprint density at radius 3 is 2.46 bits per heavy atom. The molecule has 0 aliphatic heterocycles. The van der Waals surface area contributed by atoms with E-state index in [9.17, 15) is 18.5 Å². The highest BCUT2D eigenvalue weighted by Gasteiger charge is 2.20. The molecule has 2 N–H and O–H groups in total. The lowest BCUT2D eigenvalue weighted by atomic mass is 10.2. The number of amidine groups is 1. The third kappa shape index (κ3) is 4.53. The molecule has 0 spiro atoms. The van der Waals surface area contributed by atoms with Gasteiger partial charge in [-0.2, -0.15) is 0 Å². The van der Waals surface area contributed by atoms with Crippen molar-refractivity contribution in [2.75, 3.05) is 5.88 Å². The van der Waals surface area contributed by atoms with Gasteiger partial charge in [-0.1, -0.05) is 30.3 Å². The van der Waals surface area contributed by atoms with Crippen LogP contribution in [0.2, 0.25) is 0 Å². The van der Waals surface area contributed by atoms with Gasteiger partial charge in [0, 0.05) is 12.1 Å². The van der Waals surface area contributed by atoms with Gasteiger partial charge in [0.05, 0.1) is 27.1 Å². The summed E-state index contributed by atoms with van der Waals surface area (Å²) >= 11 is 5.53. The molecular formula is C15H14ClN3O4S. The number of benzene rings is 2. The lowest BCUT2D eigenvalue weighted by Gasteiger charge is -2.06. The van der Waals surface area contributed by atoms with Gasteiger partial charge in [-0.3, -0.25) is 10.1 Å². The number of nitrogens with two attached hydrogens (primary N) is 1. The predicted octanol–water partition coefficient (Wildman–Crippen LogP) is 2.80. The van der Waals surface area contributed by atoms with Crippen LogP contribution < -0.4 is 5.73 Å². The normalized spacial score (nSPS) is 12.1. The Morgan fingerprint density at radius 2 is 1.88 bits per heavy atom. The van der Waals surface area contributed by atoms with Crippen LogP contribution in [0.1, 0.15) is 5.56 Å². The summed E-state index contributed by atoms with van der Waals surface area (Å²) in [4.78, 5) is 14.1. The van der Waals surface area contributed by atoms with Gasteiger partial charge >= 0.3 is 0 Å². The molecule has 0 aliphatic rings. The molecule has 0 unspecified atom stereocenters. The number of nitro benzene ring substituents is 1. The molecule has 0 fully saturated rings. The monoisotopic (exact) mass is 367 g/mol. The van der Waals surface area contributed by atoms with Crippen LogP contribution in [0.5, 0.6) is 0 Å². The van der Waals surface area contributed by atoms with E-state index in [1.165, 1.54) is 6.07 Å². The molecule has 2 aromatic rings. The first-order valence-corrected chi connectivity index (χ1v) is 8.95. The minimum Gasteiger partial charge on any atom is -0.386 e. The van der Waals surface area contributed by atoms with Gasteiger partial charge in [0.2, 0.25) is 0 Å². The van der Waals surface area contributed by atoms with Crippen molar-refractivity contribution in [3.8, 4) is 0 Å². The number of alkyl halides is 1. The SMILES string of the molecule is NC(CCl)=Nc1cc([N+](=O)[O-])cc(S(=O)(=O)Cc2ccccc2)c1. The molecule has 0 aromatic heterocycles. The number of aliphatic imine (C=N–C) groups is 1. The number of nitrogens with zero attached hydrogens (tertiary/aromatic N) is 2. The molecule has 0 heterocycles. The molecule has 0 amide bonds. The van der Waals surface area contributed by atoms with Gasteiger partial charge in [-0.15, -0.1) is 11.6 Å². The summed E-state index contributed by atoms with van der Waals surface area (Å²) in [7, 11) is -3.78. The molecule has 0 saturated carbocycles. The third-order valence-corrected chi connectivity index (χ3v) is 5.00. The number of sulfone groups is 1. The fourth-order valence-corrected chi connectivity index (χ4v) is 3.45. The number of halogens is 1. The van der Waals surface area contributed by atoms with Gasteiger partial charge in [-0.25, -0.2) is 13.4 Å². The van der Waals surface area contributed by atoms with Gasteiger partial charge in [-0.05, 0) is 11.6 Å². The summed E-state index contributed by atoms with van der Waals surface area (Å²) in [6, 6.07) is 11.9. The van der Waals surface area contributed by atoms with Gasteiger partial charge in [0.1, 0.15) is 5.84 Å². The van der Waals surface area contributed by atoms with E-state index >= 15 is 0 Å².